The first-order chi connectivity index (χ1) is 37.6. The van der Waals surface area contributed by atoms with Crippen molar-refractivity contribution in [3.05, 3.63) is 320 Å². The van der Waals surface area contributed by atoms with Gasteiger partial charge in [0.2, 0.25) is 0 Å². The first-order valence-electron chi connectivity index (χ1n) is 26.3. The van der Waals surface area contributed by atoms with Crippen molar-refractivity contribution in [2.75, 3.05) is 4.90 Å². The van der Waals surface area contributed by atoms with E-state index in [0.717, 1.165) is 51.4 Å². The van der Waals surface area contributed by atoms with Crippen LogP contribution in [0.25, 0.3) is 88.7 Å². The molecule has 76 heavy (non-hydrogen) atoms. The number of fused-ring (bicyclic) bond motifs is 10. The van der Waals surface area contributed by atoms with Crippen molar-refractivity contribution < 1.29 is 0 Å². The zero-order valence-electron chi connectivity index (χ0n) is 42.0. The zero-order valence-corrected chi connectivity index (χ0v) is 42.0. The second-order valence-electron chi connectivity index (χ2n) is 20.1. The SMILES string of the molecule is C=C1/C=C\C=C/CC2(c3cc(N(c4ccc(-c5ccccc5)cc4)c4cccc(-c5cccc(-c6ccc7c(c6)c6ccccc6n7-c6ccc(-c7ccccc7)cc6)c5)c4)ccc31)c1ccccc1-c1ccccc12. The van der Waals surface area contributed by atoms with Gasteiger partial charge < -0.3 is 9.47 Å². The number of benzene rings is 11. The van der Waals surface area contributed by atoms with Gasteiger partial charge in [0, 0.05) is 33.5 Å². The lowest BCUT2D eigenvalue weighted by molar-refractivity contribution is 0.643. The Hall–Kier alpha value is -9.76. The highest BCUT2D eigenvalue weighted by Crippen LogP contribution is 2.57. The molecule has 1 heterocycles. The van der Waals surface area contributed by atoms with Crippen LogP contribution in [-0.4, -0.2) is 4.57 Å². The number of anilines is 3. The van der Waals surface area contributed by atoms with E-state index in [2.05, 4.69) is 307 Å². The molecule has 1 spiro atoms. The Labute approximate surface area is 444 Å². The van der Waals surface area contributed by atoms with E-state index in [0.29, 0.717) is 0 Å². The molecule has 0 unspecified atom stereocenters. The molecule has 2 heteroatoms. The highest BCUT2D eigenvalue weighted by Gasteiger charge is 2.45. The summed E-state index contributed by atoms with van der Waals surface area (Å²) in [5.74, 6) is 0. The predicted molar refractivity (Wildman–Crippen MR) is 321 cm³/mol. The zero-order chi connectivity index (χ0) is 50.6. The lowest BCUT2D eigenvalue weighted by Gasteiger charge is -2.35. The highest BCUT2D eigenvalue weighted by molar-refractivity contribution is 6.10. The second kappa shape index (κ2) is 18.6. The van der Waals surface area contributed by atoms with Gasteiger partial charge in [-0.05, 0) is 163 Å². The monoisotopic (exact) mass is 968 g/mol. The molecule has 0 atom stereocenters. The van der Waals surface area contributed by atoms with Gasteiger partial charge >= 0.3 is 0 Å². The van der Waals surface area contributed by atoms with Crippen molar-refractivity contribution in [3.8, 4) is 61.3 Å². The van der Waals surface area contributed by atoms with E-state index in [-0.39, 0.29) is 0 Å². The van der Waals surface area contributed by atoms with Crippen LogP contribution in [0.2, 0.25) is 0 Å². The second-order valence-corrected chi connectivity index (χ2v) is 20.1. The van der Waals surface area contributed by atoms with Gasteiger partial charge in [0.05, 0.1) is 16.4 Å². The quantitative estimate of drug-likeness (QED) is 0.147. The molecule has 0 aliphatic heterocycles. The van der Waals surface area contributed by atoms with Crippen molar-refractivity contribution in [1.82, 2.24) is 4.57 Å². The normalized spacial score (nSPS) is 14.1. The first kappa shape index (κ1) is 44.9. The lowest BCUT2D eigenvalue weighted by Crippen LogP contribution is -2.28. The minimum absolute atomic E-state index is 0.443. The summed E-state index contributed by atoms with van der Waals surface area (Å²) in [6, 6.07) is 98.1. The molecule has 0 saturated carbocycles. The largest absolute Gasteiger partial charge is 0.310 e. The molecule has 0 saturated heterocycles. The summed E-state index contributed by atoms with van der Waals surface area (Å²) in [6.07, 6.45) is 9.63. The molecule has 0 N–H and O–H groups in total. The Morgan fingerprint density at radius 1 is 0.342 bits per heavy atom. The summed E-state index contributed by atoms with van der Waals surface area (Å²) in [5.41, 5.74) is 24.4. The van der Waals surface area contributed by atoms with E-state index in [9.17, 15) is 0 Å². The fourth-order valence-electron chi connectivity index (χ4n) is 12.3. The predicted octanol–water partition coefficient (Wildman–Crippen LogP) is 19.8. The maximum Gasteiger partial charge on any atom is 0.0541 e. The topological polar surface area (TPSA) is 8.17 Å². The number of allylic oxidation sites excluding steroid dienone is 5. The smallest absolute Gasteiger partial charge is 0.0541 e. The molecule has 0 radical (unpaired) electrons. The Morgan fingerprint density at radius 2 is 0.855 bits per heavy atom. The summed E-state index contributed by atoms with van der Waals surface area (Å²) < 4.78 is 2.40. The Morgan fingerprint density at radius 3 is 1.55 bits per heavy atom. The summed E-state index contributed by atoms with van der Waals surface area (Å²) in [6.45, 7) is 4.69. The van der Waals surface area contributed by atoms with Gasteiger partial charge in [-0.25, -0.2) is 0 Å². The summed E-state index contributed by atoms with van der Waals surface area (Å²) in [4.78, 5) is 2.43. The number of rotatable bonds is 8. The minimum Gasteiger partial charge on any atom is -0.310 e. The van der Waals surface area contributed by atoms with Gasteiger partial charge in [-0.1, -0.05) is 225 Å². The average Bonchev–Trinajstić information content (AvgIpc) is 4.08. The van der Waals surface area contributed by atoms with Crippen molar-refractivity contribution in [1.29, 1.82) is 0 Å². The molecule has 0 fully saturated rings. The standard InChI is InChI=1S/C74H52N2/c1-51-19-5-4-16-46-74(69-31-13-10-28-65(69)66-29-11-14-32-70(66)74)71-50-63(43-44-64(51)71)75(60-39-34-54(35-40-60)52-20-6-2-7-21-52)62-27-18-26-58(48-62)56-24-17-25-57(47-56)59-38-45-73-68(49-59)67-30-12-15-33-72(67)76(73)61-41-36-55(37-42-61)53-22-8-3-9-23-53/h2-45,47-50H,1,46H2/b16-4-,19-5-. The third-order valence-electron chi connectivity index (χ3n) is 15.9. The molecule has 0 amide bonds. The third-order valence-corrected chi connectivity index (χ3v) is 15.9. The molecule has 358 valence electrons. The average molecular weight is 969 g/mol. The molecule has 2 aliphatic carbocycles. The van der Waals surface area contributed by atoms with Gasteiger partial charge in [-0.15, -0.1) is 0 Å². The van der Waals surface area contributed by atoms with Gasteiger partial charge in [0.1, 0.15) is 0 Å². The van der Waals surface area contributed by atoms with E-state index in [1.165, 1.54) is 83.0 Å². The van der Waals surface area contributed by atoms with Crippen LogP contribution in [0.3, 0.4) is 0 Å². The molecular formula is C74H52N2. The maximum absolute atomic E-state index is 4.69. The van der Waals surface area contributed by atoms with E-state index in [1.807, 2.05) is 0 Å². The van der Waals surface area contributed by atoms with E-state index in [4.69, 9.17) is 0 Å². The van der Waals surface area contributed by atoms with Crippen LogP contribution in [0.15, 0.2) is 298 Å². The summed E-state index contributed by atoms with van der Waals surface area (Å²) in [5, 5.41) is 2.47. The number of hydrogen-bond donors (Lipinski definition) is 0. The molecular weight excluding hydrogens is 917 g/mol. The fraction of sp³-hybridized carbons (Fsp3) is 0.0270. The van der Waals surface area contributed by atoms with Crippen LogP contribution >= 0.6 is 0 Å². The fourth-order valence-corrected chi connectivity index (χ4v) is 12.3. The Bertz CT molecular complexity index is 4200. The van der Waals surface area contributed by atoms with Gasteiger partial charge in [0.25, 0.3) is 0 Å². The molecule has 0 bridgehead atoms. The van der Waals surface area contributed by atoms with Crippen LogP contribution in [0.5, 0.6) is 0 Å². The van der Waals surface area contributed by atoms with E-state index < -0.39 is 5.41 Å². The van der Waals surface area contributed by atoms with Crippen LogP contribution in [0.4, 0.5) is 17.1 Å². The molecule has 2 nitrogen and oxygen atoms in total. The van der Waals surface area contributed by atoms with Crippen molar-refractivity contribution in [3.63, 3.8) is 0 Å². The maximum atomic E-state index is 4.69. The van der Waals surface area contributed by atoms with E-state index >= 15 is 0 Å². The number of hydrogen-bond acceptors (Lipinski definition) is 1. The number of para-hydroxylation sites is 1. The first-order valence-corrected chi connectivity index (χ1v) is 26.3. The number of nitrogens with zero attached hydrogens (tertiary/aromatic N) is 2. The van der Waals surface area contributed by atoms with Crippen molar-refractivity contribution in [2.24, 2.45) is 0 Å². The Balaban J connectivity index is 0.883. The minimum atomic E-state index is -0.443. The van der Waals surface area contributed by atoms with Crippen LogP contribution < -0.4 is 4.90 Å². The lowest BCUT2D eigenvalue weighted by atomic mass is 9.68. The molecule has 11 aromatic carbocycles. The number of aromatic nitrogens is 1. The highest BCUT2D eigenvalue weighted by atomic mass is 15.1. The van der Waals surface area contributed by atoms with Crippen molar-refractivity contribution >= 4 is 44.4 Å². The summed E-state index contributed by atoms with van der Waals surface area (Å²) >= 11 is 0. The van der Waals surface area contributed by atoms with E-state index in [1.54, 1.807) is 0 Å². The van der Waals surface area contributed by atoms with Crippen LogP contribution in [0, 0.1) is 0 Å². The third kappa shape index (κ3) is 7.57. The van der Waals surface area contributed by atoms with Gasteiger partial charge in [0.15, 0.2) is 0 Å². The van der Waals surface area contributed by atoms with Crippen LogP contribution in [-0.2, 0) is 5.41 Å². The molecule has 14 rings (SSSR count). The summed E-state index contributed by atoms with van der Waals surface area (Å²) in [7, 11) is 0. The van der Waals surface area contributed by atoms with Crippen molar-refractivity contribution in [2.45, 2.75) is 11.8 Å². The molecule has 2 aliphatic rings. The molecule has 12 aromatic rings. The van der Waals surface area contributed by atoms with Gasteiger partial charge in [-0.3, -0.25) is 0 Å². The Kier molecular flexibility index (Phi) is 11.0. The van der Waals surface area contributed by atoms with Crippen LogP contribution in [0.1, 0.15) is 28.7 Å². The van der Waals surface area contributed by atoms with Gasteiger partial charge in [-0.2, -0.15) is 0 Å². The molecule has 1 aromatic heterocycles.